The molecular formula is C14H28N4O. The summed E-state index contributed by atoms with van der Waals surface area (Å²) in [5.41, 5.74) is 0. The Hall–Kier alpha value is -0.650. The number of hydrogen-bond acceptors (Lipinski definition) is 4. The molecule has 0 radical (unpaired) electrons. The van der Waals surface area contributed by atoms with Gasteiger partial charge >= 0.3 is 0 Å². The Bertz CT molecular complexity index is 271. The van der Waals surface area contributed by atoms with Gasteiger partial charge in [0, 0.05) is 46.3 Å². The standard InChI is InChI=1S/C14H28N4O/c1-15-14(19)13-18-11-9-17(10-12-18)8-7-16-5-3-2-4-6-16/h2-13H2,1H3,(H,15,19). The zero-order valence-corrected chi connectivity index (χ0v) is 12.2. The Morgan fingerprint density at radius 2 is 1.37 bits per heavy atom. The third-order valence-electron chi connectivity index (χ3n) is 4.29. The lowest BCUT2D eigenvalue weighted by Crippen LogP contribution is -2.50. The van der Waals surface area contributed by atoms with E-state index in [0.717, 1.165) is 26.2 Å². The first-order valence-electron chi connectivity index (χ1n) is 7.65. The molecule has 1 N–H and O–H groups in total. The summed E-state index contributed by atoms with van der Waals surface area (Å²) in [5.74, 6) is 0.127. The van der Waals surface area contributed by atoms with Gasteiger partial charge in [-0.2, -0.15) is 0 Å². The maximum absolute atomic E-state index is 11.3. The highest BCUT2D eigenvalue weighted by atomic mass is 16.1. The highest BCUT2D eigenvalue weighted by molar-refractivity contribution is 5.77. The number of likely N-dealkylation sites (N-methyl/N-ethyl adjacent to an activating group) is 1. The molecule has 2 aliphatic heterocycles. The van der Waals surface area contributed by atoms with Gasteiger partial charge in [0.05, 0.1) is 6.54 Å². The Balaban J connectivity index is 1.59. The third-order valence-corrected chi connectivity index (χ3v) is 4.29. The van der Waals surface area contributed by atoms with Gasteiger partial charge in [0.2, 0.25) is 5.91 Å². The molecule has 0 aromatic rings. The maximum atomic E-state index is 11.3. The van der Waals surface area contributed by atoms with Crippen LogP contribution in [0.4, 0.5) is 0 Å². The first-order valence-corrected chi connectivity index (χ1v) is 7.65. The second-order valence-corrected chi connectivity index (χ2v) is 5.69. The Morgan fingerprint density at radius 1 is 0.842 bits per heavy atom. The molecule has 2 rings (SSSR count). The predicted molar refractivity (Wildman–Crippen MR) is 77.2 cm³/mol. The van der Waals surface area contributed by atoms with Crippen molar-refractivity contribution in [2.75, 3.05) is 66.0 Å². The fourth-order valence-corrected chi connectivity index (χ4v) is 2.92. The van der Waals surface area contributed by atoms with Crippen molar-refractivity contribution in [1.82, 2.24) is 20.0 Å². The van der Waals surface area contributed by atoms with E-state index in [9.17, 15) is 4.79 Å². The summed E-state index contributed by atoms with van der Waals surface area (Å²) >= 11 is 0. The molecular weight excluding hydrogens is 240 g/mol. The van der Waals surface area contributed by atoms with E-state index < -0.39 is 0 Å². The second kappa shape index (κ2) is 7.82. The minimum atomic E-state index is 0.127. The van der Waals surface area contributed by atoms with Crippen LogP contribution in [0.15, 0.2) is 0 Å². The summed E-state index contributed by atoms with van der Waals surface area (Å²) in [6.07, 6.45) is 4.16. The zero-order chi connectivity index (χ0) is 13.5. The number of likely N-dealkylation sites (tertiary alicyclic amines) is 1. The molecule has 0 bridgehead atoms. The smallest absolute Gasteiger partial charge is 0.233 e. The molecule has 2 fully saturated rings. The van der Waals surface area contributed by atoms with Crippen molar-refractivity contribution in [3.8, 4) is 0 Å². The van der Waals surface area contributed by atoms with Crippen LogP contribution in [-0.4, -0.2) is 86.6 Å². The molecule has 0 aliphatic carbocycles. The molecule has 0 aromatic heterocycles. The van der Waals surface area contributed by atoms with Crippen LogP contribution in [0.25, 0.3) is 0 Å². The molecule has 5 heteroatoms. The van der Waals surface area contributed by atoms with Crippen LogP contribution in [0.1, 0.15) is 19.3 Å². The quantitative estimate of drug-likeness (QED) is 0.752. The second-order valence-electron chi connectivity index (χ2n) is 5.69. The molecule has 110 valence electrons. The molecule has 5 nitrogen and oxygen atoms in total. The summed E-state index contributed by atoms with van der Waals surface area (Å²) in [5, 5.41) is 2.69. The molecule has 1 amide bonds. The molecule has 0 atom stereocenters. The number of nitrogens with zero attached hydrogens (tertiary/aromatic N) is 3. The number of hydrogen-bond donors (Lipinski definition) is 1. The van der Waals surface area contributed by atoms with Crippen molar-refractivity contribution in [2.45, 2.75) is 19.3 Å². The summed E-state index contributed by atoms with van der Waals surface area (Å²) in [4.78, 5) is 18.7. The van der Waals surface area contributed by atoms with Gasteiger partial charge in [0.15, 0.2) is 0 Å². The predicted octanol–water partition coefficient (Wildman–Crippen LogP) is -0.164. The topological polar surface area (TPSA) is 38.8 Å². The van der Waals surface area contributed by atoms with Crippen molar-refractivity contribution in [3.63, 3.8) is 0 Å². The summed E-state index contributed by atoms with van der Waals surface area (Å²) in [6, 6.07) is 0. The normalized spacial score (nSPS) is 23.4. The lowest BCUT2D eigenvalue weighted by Gasteiger charge is -2.36. The summed E-state index contributed by atoms with van der Waals surface area (Å²) < 4.78 is 0. The molecule has 2 aliphatic rings. The van der Waals surface area contributed by atoms with Crippen molar-refractivity contribution < 1.29 is 4.79 Å². The summed E-state index contributed by atoms with van der Waals surface area (Å²) in [7, 11) is 1.71. The average Bonchev–Trinajstić information content (AvgIpc) is 2.47. The van der Waals surface area contributed by atoms with Gasteiger partial charge in [-0.25, -0.2) is 0 Å². The minimum Gasteiger partial charge on any atom is -0.358 e. The number of nitrogens with one attached hydrogen (secondary N) is 1. The number of carbonyl (C=O) groups is 1. The molecule has 2 saturated heterocycles. The SMILES string of the molecule is CNC(=O)CN1CCN(CCN2CCCCC2)CC1. The van der Waals surface area contributed by atoms with Gasteiger partial charge in [-0.15, -0.1) is 0 Å². The van der Waals surface area contributed by atoms with Crippen LogP contribution in [0.2, 0.25) is 0 Å². The van der Waals surface area contributed by atoms with Gasteiger partial charge in [-0.1, -0.05) is 6.42 Å². The average molecular weight is 268 g/mol. The Morgan fingerprint density at radius 3 is 1.95 bits per heavy atom. The van der Waals surface area contributed by atoms with Crippen molar-refractivity contribution >= 4 is 5.91 Å². The van der Waals surface area contributed by atoms with Gasteiger partial charge in [-0.05, 0) is 25.9 Å². The minimum absolute atomic E-state index is 0.127. The van der Waals surface area contributed by atoms with E-state index >= 15 is 0 Å². The van der Waals surface area contributed by atoms with Crippen LogP contribution < -0.4 is 5.32 Å². The van der Waals surface area contributed by atoms with Crippen LogP contribution in [0.3, 0.4) is 0 Å². The largest absolute Gasteiger partial charge is 0.358 e. The highest BCUT2D eigenvalue weighted by Gasteiger charge is 2.19. The number of carbonyl (C=O) groups excluding carboxylic acids is 1. The lowest BCUT2D eigenvalue weighted by atomic mass is 10.1. The van der Waals surface area contributed by atoms with E-state index in [1.807, 2.05) is 0 Å². The van der Waals surface area contributed by atoms with Gasteiger partial charge in [-0.3, -0.25) is 14.6 Å². The van der Waals surface area contributed by atoms with E-state index in [1.165, 1.54) is 45.4 Å². The maximum Gasteiger partial charge on any atom is 0.233 e. The van der Waals surface area contributed by atoms with Crippen LogP contribution >= 0.6 is 0 Å². The fourth-order valence-electron chi connectivity index (χ4n) is 2.92. The number of amides is 1. The number of rotatable bonds is 5. The zero-order valence-electron chi connectivity index (χ0n) is 12.2. The van der Waals surface area contributed by atoms with Gasteiger partial charge < -0.3 is 10.2 Å². The number of piperidine rings is 1. The number of piperazine rings is 1. The van der Waals surface area contributed by atoms with Crippen LogP contribution in [0.5, 0.6) is 0 Å². The van der Waals surface area contributed by atoms with Crippen molar-refractivity contribution in [2.24, 2.45) is 0 Å². The van der Waals surface area contributed by atoms with Crippen molar-refractivity contribution in [3.05, 3.63) is 0 Å². The molecule has 0 spiro atoms. The van der Waals surface area contributed by atoms with E-state index in [-0.39, 0.29) is 5.91 Å². The van der Waals surface area contributed by atoms with Crippen molar-refractivity contribution in [1.29, 1.82) is 0 Å². The Kier molecular flexibility index (Phi) is 6.07. The van der Waals surface area contributed by atoms with Crippen LogP contribution in [0, 0.1) is 0 Å². The van der Waals surface area contributed by atoms with Gasteiger partial charge in [0.25, 0.3) is 0 Å². The first-order chi connectivity index (χ1) is 9.28. The highest BCUT2D eigenvalue weighted by Crippen LogP contribution is 2.09. The lowest BCUT2D eigenvalue weighted by molar-refractivity contribution is -0.122. The molecule has 0 unspecified atom stereocenters. The third kappa shape index (κ3) is 5.09. The molecule has 19 heavy (non-hydrogen) atoms. The fraction of sp³-hybridized carbons (Fsp3) is 0.929. The van der Waals surface area contributed by atoms with E-state index in [2.05, 4.69) is 20.0 Å². The molecule has 0 aromatic carbocycles. The van der Waals surface area contributed by atoms with E-state index in [4.69, 9.17) is 0 Å². The monoisotopic (exact) mass is 268 g/mol. The van der Waals surface area contributed by atoms with Crippen LogP contribution in [-0.2, 0) is 4.79 Å². The first kappa shape index (κ1) is 14.8. The van der Waals surface area contributed by atoms with Gasteiger partial charge in [0.1, 0.15) is 0 Å². The molecule has 0 saturated carbocycles. The van der Waals surface area contributed by atoms with E-state index in [1.54, 1.807) is 7.05 Å². The Labute approximate surface area is 116 Å². The summed E-state index contributed by atoms with van der Waals surface area (Å²) in [6.45, 7) is 9.78. The van der Waals surface area contributed by atoms with E-state index in [0.29, 0.717) is 6.54 Å². The molecule has 2 heterocycles.